The average Bonchev–Trinajstić information content (AvgIpc) is 3.37. The van der Waals surface area contributed by atoms with Gasteiger partial charge in [0.05, 0.1) is 43.4 Å². The molecule has 4 rings (SSSR count). The van der Waals surface area contributed by atoms with Crippen molar-refractivity contribution in [3.8, 4) is 0 Å². The zero-order chi connectivity index (χ0) is 16.4. The summed E-state index contributed by atoms with van der Waals surface area (Å²) in [5.74, 6) is 0.600. The molecule has 1 unspecified atom stereocenters. The first-order chi connectivity index (χ1) is 11.8. The lowest BCUT2D eigenvalue weighted by Gasteiger charge is -2.35. The summed E-state index contributed by atoms with van der Waals surface area (Å²) >= 11 is 0. The van der Waals surface area contributed by atoms with Gasteiger partial charge in [-0.05, 0) is 30.9 Å². The first-order valence-corrected chi connectivity index (χ1v) is 8.37. The second-order valence-electron chi connectivity index (χ2n) is 6.35. The Morgan fingerprint density at radius 3 is 3.08 bits per heavy atom. The second-order valence-corrected chi connectivity index (χ2v) is 6.35. The van der Waals surface area contributed by atoms with E-state index in [2.05, 4.69) is 15.4 Å². The lowest BCUT2D eigenvalue weighted by molar-refractivity contribution is 0.00773. The summed E-state index contributed by atoms with van der Waals surface area (Å²) in [6.45, 7) is 2.49. The van der Waals surface area contributed by atoms with Crippen molar-refractivity contribution < 1.29 is 9.53 Å². The van der Waals surface area contributed by atoms with Crippen molar-refractivity contribution in [2.75, 3.05) is 25.1 Å². The molecule has 2 aromatic heterocycles. The van der Waals surface area contributed by atoms with Crippen LogP contribution in [0.3, 0.4) is 0 Å². The lowest BCUT2D eigenvalue weighted by atomic mass is 10.1. The molecule has 0 radical (unpaired) electrons. The van der Waals surface area contributed by atoms with Gasteiger partial charge in [-0.15, -0.1) is 0 Å². The summed E-state index contributed by atoms with van der Waals surface area (Å²) in [5, 5.41) is 7.25. The van der Waals surface area contributed by atoms with Crippen LogP contribution in [0.1, 0.15) is 18.5 Å². The van der Waals surface area contributed by atoms with E-state index >= 15 is 0 Å². The van der Waals surface area contributed by atoms with Gasteiger partial charge in [-0.3, -0.25) is 9.67 Å². The van der Waals surface area contributed by atoms with Crippen LogP contribution in [0.15, 0.2) is 36.8 Å². The van der Waals surface area contributed by atoms with Crippen molar-refractivity contribution in [2.24, 2.45) is 5.92 Å². The van der Waals surface area contributed by atoms with Crippen molar-refractivity contribution in [3.63, 3.8) is 0 Å². The van der Waals surface area contributed by atoms with Gasteiger partial charge in [0.15, 0.2) is 0 Å². The number of nitrogens with one attached hydrogen (secondary N) is 1. The SMILES string of the molecule is O=C(Nc1cnn(Cc2ccccn2)c1)N1CCOCC1C1CC1. The Kier molecular flexibility index (Phi) is 4.17. The predicted molar refractivity (Wildman–Crippen MR) is 88.6 cm³/mol. The molecule has 1 atom stereocenters. The summed E-state index contributed by atoms with van der Waals surface area (Å²) < 4.78 is 7.31. The van der Waals surface area contributed by atoms with E-state index in [9.17, 15) is 4.79 Å². The Hall–Kier alpha value is -2.41. The van der Waals surface area contributed by atoms with Gasteiger partial charge >= 0.3 is 6.03 Å². The molecule has 1 saturated carbocycles. The van der Waals surface area contributed by atoms with Crippen LogP contribution in [0.2, 0.25) is 0 Å². The number of morpholine rings is 1. The lowest BCUT2D eigenvalue weighted by Crippen LogP contribution is -2.51. The summed E-state index contributed by atoms with van der Waals surface area (Å²) in [6.07, 6.45) is 7.66. The monoisotopic (exact) mass is 327 g/mol. The number of urea groups is 1. The number of hydrogen-bond donors (Lipinski definition) is 1. The molecule has 1 N–H and O–H groups in total. The quantitative estimate of drug-likeness (QED) is 0.932. The molecule has 1 saturated heterocycles. The van der Waals surface area contributed by atoms with E-state index in [1.165, 1.54) is 12.8 Å². The van der Waals surface area contributed by atoms with Crippen LogP contribution in [0.25, 0.3) is 0 Å². The van der Waals surface area contributed by atoms with E-state index < -0.39 is 0 Å². The van der Waals surface area contributed by atoms with Gasteiger partial charge in [-0.1, -0.05) is 6.07 Å². The third-order valence-electron chi connectivity index (χ3n) is 4.53. The second kappa shape index (κ2) is 6.60. The van der Waals surface area contributed by atoms with Crippen LogP contribution >= 0.6 is 0 Å². The Bertz CT molecular complexity index is 698. The molecule has 3 heterocycles. The standard InChI is InChI=1S/C17H21N5O2/c23-17(22-7-8-24-12-16(22)13-4-5-13)20-15-9-19-21(11-15)10-14-3-1-2-6-18-14/h1-3,6,9,11,13,16H,4-5,7-8,10,12H2,(H,20,23). The van der Waals surface area contributed by atoms with Gasteiger partial charge < -0.3 is 15.0 Å². The van der Waals surface area contributed by atoms with Gasteiger partial charge in [0.2, 0.25) is 0 Å². The van der Waals surface area contributed by atoms with Gasteiger partial charge in [-0.2, -0.15) is 5.10 Å². The van der Waals surface area contributed by atoms with E-state index in [-0.39, 0.29) is 12.1 Å². The van der Waals surface area contributed by atoms with Gasteiger partial charge in [0.1, 0.15) is 0 Å². The van der Waals surface area contributed by atoms with Crippen LogP contribution in [0.4, 0.5) is 10.5 Å². The maximum atomic E-state index is 12.6. The van der Waals surface area contributed by atoms with Crippen LogP contribution in [0.5, 0.6) is 0 Å². The topological polar surface area (TPSA) is 72.3 Å². The van der Waals surface area contributed by atoms with E-state index in [0.29, 0.717) is 37.9 Å². The molecule has 2 aliphatic rings. The molecular weight excluding hydrogens is 306 g/mol. The molecule has 24 heavy (non-hydrogen) atoms. The molecule has 2 aromatic rings. The highest BCUT2D eigenvalue weighted by atomic mass is 16.5. The summed E-state index contributed by atoms with van der Waals surface area (Å²) in [7, 11) is 0. The molecule has 0 aromatic carbocycles. The fourth-order valence-electron chi connectivity index (χ4n) is 3.11. The van der Waals surface area contributed by atoms with E-state index in [1.807, 2.05) is 29.3 Å². The smallest absolute Gasteiger partial charge is 0.322 e. The molecule has 126 valence electrons. The number of rotatable bonds is 4. The molecule has 2 fully saturated rings. The molecule has 1 aliphatic heterocycles. The largest absolute Gasteiger partial charge is 0.377 e. The fraction of sp³-hybridized carbons (Fsp3) is 0.471. The number of pyridine rings is 1. The van der Waals surface area contributed by atoms with Crippen molar-refractivity contribution in [2.45, 2.75) is 25.4 Å². The number of hydrogen-bond acceptors (Lipinski definition) is 4. The molecule has 0 spiro atoms. The number of amides is 2. The van der Waals surface area contributed by atoms with Crippen molar-refractivity contribution in [1.82, 2.24) is 19.7 Å². The molecular formula is C17H21N5O2. The summed E-state index contributed by atoms with van der Waals surface area (Å²) in [5.41, 5.74) is 1.64. The Morgan fingerprint density at radius 2 is 2.29 bits per heavy atom. The first kappa shape index (κ1) is 15.1. The van der Waals surface area contributed by atoms with Crippen LogP contribution in [-0.4, -0.2) is 51.5 Å². The zero-order valence-electron chi connectivity index (χ0n) is 13.5. The predicted octanol–water partition coefficient (Wildman–Crippen LogP) is 1.97. The van der Waals surface area contributed by atoms with Crippen LogP contribution in [0, 0.1) is 5.92 Å². The highest BCUT2D eigenvalue weighted by molar-refractivity contribution is 5.89. The van der Waals surface area contributed by atoms with Gasteiger partial charge in [0.25, 0.3) is 0 Å². The van der Waals surface area contributed by atoms with Gasteiger partial charge in [-0.25, -0.2) is 4.79 Å². The average molecular weight is 327 g/mol. The molecule has 2 amide bonds. The highest BCUT2D eigenvalue weighted by Gasteiger charge is 2.39. The maximum Gasteiger partial charge on any atom is 0.322 e. The zero-order valence-corrected chi connectivity index (χ0v) is 13.5. The van der Waals surface area contributed by atoms with E-state index in [1.54, 1.807) is 17.1 Å². The van der Waals surface area contributed by atoms with Crippen molar-refractivity contribution >= 4 is 11.7 Å². The Labute approximate surface area is 140 Å². The van der Waals surface area contributed by atoms with Crippen LogP contribution < -0.4 is 5.32 Å². The Morgan fingerprint density at radius 1 is 1.38 bits per heavy atom. The number of nitrogens with zero attached hydrogens (tertiary/aromatic N) is 4. The summed E-state index contributed by atoms with van der Waals surface area (Å²) in [4.78, 5) is 18.8. The number of aromatic nitrogens is 3. The molecule has 7 nitrogen and oxygen atoms in total. The number of carbonyl (C=O) groups is 1. The van der Waals surface area contributed by atoms with Crippen molar-refractivity contribution in [1.29, 1.82) is 0 Å². The Balaban J connectivity index is 1.39. The third kappa shape index (κ3) is 3.41. The molecule has 1 aliphatic carbocycles. The fourth-order valence-corrected chi connectivity index (χ4v) is 3.11. The minimum atomic E-state index is -0.0624. The van der Waals surface area contributed by atoms with Gasteiger partial charge in [0, 0.05) is 18.9 Å². The molecule has 7 heteroatoms. The van der Waals surface area contributed by atoms with Crippen LogP contribution in [-0.2, 0) is 11.3 Å². The van der Waals surface area contributed by atoms with E-state index in [0.717, 1.165) is 5.69 Å². The highest BCUT2D eigenvalue weighted by Crippen LogP contribution is 2.36. The van der Waals surface area contributed by atoms with Crippen molar-refractivity contribution in [3.05, 3.63) is 42.5 Å². The number of ether oxygens (including phenoxy) is 1. The maximum absolute atomic E-state index is 12.6. The third-order valence-corrected chi connectivity index (χ3v) is 4.53. The molecule has 0 bridgehead atoms. The van der Waals surface area contributed by atoms with E-state index in [4.69, 9.17) is 4.74 Å². The minimum Gasteiger partial charge on any atom is -0.377 e. The minimum absolute atomic E-state index is 0.0624. The number of carbonyl (C=O) groups excluding carboxylic acids is 1. The first-order valence-electron chi connectivity index (χ1n) is 8.37. The number of anilines is 1. The summed E-state index contributed by atoms with van der Waals surface area (Å²) in [6, 6.07) is 5.94. The normalized spacial score (nSPS) is 20.8.